The van der Waals surface area contributed by atoms with Crippen LogP contribution in [0.5, 0.6) is 5.75 Å². The summed E-state index contributed by atoms with van der Waals surface area (Å²) in [6.45, 7) is 0. The van der Waals surface area contributed by atoms with E-state index in [2.05, 4.69) is 0 Å². The average Bonchev–Trinajstić information content (AvgIpc) is 3.03. The molecule has 0 aliphatic carbocycles. The molecule has 0 aliphatic rings. The van der Waals surface area contributed by atoms with Gasteiger partial charge in [0.25, 0.3) is 10.0 Å². The van der Waals surface area contributed by atoms with Crippen molar-refractivity contribution in [1.82, 2.24) is 3.97 Å². The zero-order chi connectivity index (χ0) is 17.4. The number of nitrogens with zero attached hydrogens (tertiary/aromatic N) is 1. The standard InChI is InChI=1S/C20H15NO3S/c22-16-8-6-7-15(13-16)19-14-21(20-12-5-4-11-18(19)20)25(23,24)17-9-2-1-3-10-17/h1-14,22H. The number of hydrogen-bond acceptors (Lipinski definition) is 3. The molecule has 4 aromatic rings. The number of benzene rings is 3. The van der Waals surface area contributed by atoms with Crippen molar-refractivity contribution in [2.24, 2.45) is 0 Å². The minimum atomic E-state index is -3.71. The lowest BCUT2D eigenvalue weighted by Gasteiger charge is -2.07. The van der Waals surface area contributed by atoms with Crippen molar-refractivity contribution in [3.63, 3.8) is 0 Å². The highest BCUT2D eigenvalue weighted by atomic mass is 32.2. The Bertz CT molecular complexity index is 1160. The van der Waals surface area contributed by atoms with Crippen LogP contribution >= 0.6 is 0 Å². The van der Waals surface area contributed by atoms with Crippen molar-refractivity contribution in [1.29, 1.82) is 0 Å². The fraction of sp³-hybridized carbons (Fsp3) is 0. The van der Waals surface area contributed by atoms with Crippen LogP contribution in [0.25, 0.3) is 22.0 Å². The molecular weight excluding hydrogens is 334 g/mol. The topological polar surface area (TPSA) is 59.3 Å². The van der Waals surface area contributed by atoms with Crippen molar-refractivity contribution in [2.75, 3.05) is 0 Å². The van der Waals surface area contributed by atoms with E-state index in [-0.39, 0.29) is 10.6 Å². The number of aromatic nitrogens is 1. The molecule has 0 fully saturated rings. The van der Waals surface area contributed by atoms with Gasteiger partial charge in [0.2, 0.25) is 0 Å². The maximum Gasteiger partial charge on any atom is 0.268 e. The fourth-order valence-corrected chi connectivity index (χ4v) is 4.35. The predicted molar refractivity (Wildman–Crippen MR) is 98.1 cm³/mol. The quantitative estimate of drug-likeness (QED) is 0.601. The normalized spacial score (nSPS) is 11.7. The van der Waals surface area contributed by atoms with Gasteiger partial charge in [-0.15, -0.1) is 0 Å². The van der Waals surface area contributed by atoms with Crippen molar-refractivity contribution in [3.05, 3.63) is 85.1 Å². The van der Waals surface area contributed by atoms with E-state index in [0.29, 0.717) is 5.52 Å². The average molecular weight is 349 g/mol. The first kappa shape index (κ1) is 15.5. The van der Waals surface area contributed by atoms with Crippen molar-refractivity contribution in [2.45, 2.75) is 4.90 Å². The highest BCUT2D eigenvalue weighted by Gasteiger charge is 2.21. The zero-order valence-corrected chi connectivity index (χ0v) is 14.0. The van der Waals surface area contributed by atoms with E-state index < -0.39 is 10.0 Å². The maximum absolute atomic E-state index is 13.1. The zero-order valence-electron chi connectivity index (χ0n) is 13.2. The SMILES string of the molecule is O=S(=O)(c1ccccc1)n1cc(-c2cccc(O)c2)c2ccccc21. The lowest BCUT2D eigenvalue weighted by molar-refractivity contribution is 0.475. The molecule has 0 unspecified atom stereocenters. The summed E-state index contributed by atoms with van der Waals surface area (Å²) < 4.78 is 27.4. The summed E-state index contributed by atoms with van der Waals surface area (Å²) in [6.07, 6.45) is 1.61. The van der Waals surface area contributed by atoms with Gasteiger partial charge >= 0.3 is 0 Å². The molecule has 0 amide bonds. The van der Waals surface area contributed by atoms with Crippen LogP contribution in [0.3, 0.4) is 0 Å². The molecule has 0 saturated carbocycles. The molecule has 4 rings (SSSR count). The van der Waals surface area contributed by atoms with Crippen molar-refractivity contribution < 1.29 is 13.5 Å². The molecule has 124 valence electrons. The largest absolute Gasteiger partial charge is 0.508 e. The van der Waals surface area contributed by atoms with Gasteiger partial charge in [-0.2, -0.15) is 0 Å². The van der Waals surface area contributed by atoms with Gasteiger partial charge in [0.15, 0.2) is 0 Å². The van der Waals surface area contributed by atoms with Crippen LogP contribution in [0.2, 0.25) is 0 Å². The van der Waals surface area contributed by atoms with E-state index in [1.165, 1.54) is 3.97 Å². The van der Waals surface area contributed by atoms with Crippen LogP contribution in [0, 0.1) is 0 Å². The number of phenols is 1. The van der Waals surface area contributed by atoms with E-state index in [9.17, 15) is 13.5 Å². The van der Waals surface area contributed by atoms with E-state index in [1.807, 2.05) is 24.3 Å². The Kier molecular flexibility index (Phi) is 3.58. The van der Waals surface area contributed by atoms with E-state index in [1.54, 1.807) is 60.8 Å². The molecule has 5 heteroatoms. The van der Waals surface area contributed by atoms with E-state index in [4.69, 9.17) is 0 Å². The summed E-state index contributed by atoms with van der Waals surface area (Å²) in [5.74, 6) is 0.139. The summed E-state index contributed by atoms with van der Waals surface area (Å²) in [6, 6.07) is 22.5. The highest BCUT2D eigenvalue weighted by Crippen LogP contribution is 2.34. The van der Waals surface area contributed by atoms with Gasteiger partial charge in [-0.1, -0.05) is 48.5 Å². The summed E-state index contributed by atoms with van der Waals surface area (Å²) >= 11 is 0. The van der Waals surface area contributed by atoms with Crippen LogP contribution in [-0.4, -0.2) is 17.5 Å². The van der Waals surface area contributed by atoms with Gasteiger partial charge in [-0.25, -0.2) is 12.4 Å². The Morgan fingerprint density at radius 3 is 2.28 bits per heavy atom. The molecule has 0 spiro atoms. The summed E-state index contributed by atoms with van der Waals surface area (Å²) in [4.78, 5) is 0.234. The number of phenolic OH excluding ortho intramolecular Hbond substituents is 1. The number of hydrogen-bond donors (Lipinski definition) is 1. The monoisotopic (exact) mass is 349 g/mol. The molecule has 25 heavy (non-hydrogen) atoms. The molecule has 0 aliphatic heterocycles. The van der Waals surface area contributed by atoms with Gasteiger partial charge in [-0.3, -0.25) is 0 Å². The lowest BCUT2D eigenvalue weighted by atomic mass is 10.0. The van der Waals surface area contributed by atoms with Crippen LogP contribution in [-0.2, 0) is 10.0 Å². The third-order valence-electron chi connectivity index (χ3n) is 4.14. The first-order chi connectivity index (χ1) is 12.1. The molecule has 0 bridgehead atoms. The molecule has 1 aromatic heterocycles. The van der Waals surface area contributed by atoms with Crippen LogP contribution in [0.1, 0.15) is 0 Å². The second-order valence-electron chi connectivity index (χ2n) is 5.72. The lowest BCUT2D eigenvalue weighted by Crippen LogP contribution is -2.11. The molecule has 0 saturated heterocycles. The minimum absolute atomic E-state index is 0.139. The minimum Gasteiger partial charge on any atom is -0.508 e. The van der Waals surface area contributed by atoms with Gasteiger partial charge in [0.1, 0.15) is 5.75 Å². The van der Waals surface area contributed by atoms with Gasteiger partial charge in [0, 0.05) is 17.1 Å². The second kappa shape index (κ2) is 5.79. The predicted octanol–water partition coefficient (Wildman–Crippen LogP) is 4.25. The Morgan fingerprint density at radius 1 is 0.800 bits per heavy atom. The molecule has 4 nitrogen and oxygen atoms in total. The van der Waals surface area contributed by atoms with E-state index in [0.717, 1.165) is 16.5 Å². The van der Waals surface area contributed by atoms with Crippen LogP contribution in [0.15, 0.2) is 90.0 Å². The first-order valence-corrected chi connectivity index (χ1v) is 9.21. The smallest absolute Gasteiger partial charge is 0.268 e. The summed E-state index contributed by atoms with van der Waals surface area (Å²) in [5.41, 5.74) is 2.12. The number of para-hydroxylation sites is 1. The Hall–Kier alpha value is -3.05. The first-order valence-electron chi connectivity index (χ1n) is 7.77. The van der Waals surface area contributed by atoms with Crippen LogP contribution in [0.4, 0.5) is 0 Å². The number of aromatic hydroxyl groups is 1. The Balaban J connectivity index is 2.01. The fourth-order valence-electron chi connectivity index (χ4n) is 2.96. The maximum atomic E-state index is 13.1. The summed E-state index contributed by atoms with van der Waals surface area (Å²) in [7, 11) is -3.71. The molecule has 3 aromatic carbocycles. The molecular formula is C20H15NO3S. The molecule has 1 heterocycles. The van der Waals surface area contributed by atoms with Crippen molar-refractivity contribution >= 4 is 20.9 Å². The molecule has 0 atom stereocenters. The van der Waals surface area contributed by atoms with E-state index >= 15 is 0 Å². The second-order valence-corrected chi connectivity index (χ2v) is 7.54. The Labute approximate surface area is 145 Å². The van der Waals surface area contributed by atoms with Crippen LogP contribution < -0.4 is 0 Å². The molecule has 1 N–H and O–H groups in total. The van der Waals surface area contributed by atoms with Gasteiger partial charge in [0.05, 0.1) is 10.4 Å². The van der Waals surface area contributed by atoms with Crippen molar-refractivity contribution in [3.8, 4) is 16.9 Å². The third kappa shape index (κ3) is 2.58. The van der Waals surface area contributed by atoms with Gasteiger partial charge in [-0.05, 0) is 35.9 Å². The van der Waals surface area contributed by atoms with Gasteiger partial charge < -0.3 is 5.11 Å². The third-order valence-corrected chi connectivity index (χ3v) is 5.82. The number of rotatable bonds is 3. The Morgan fingerprint density at radius 2 is 1.52 bits per heavy atom. The number of fused-ring (bicyclic) bond motifs is 1. The highest BCUT2D eigenvalue weighted by molar-refractivity contribution is 7.90. The molecule has 0 radical (unpaired) electrons. The summed E-state index contributed by atoms with van der Waals surface area (Å²) in [5, 5.41) is 10.6.